The van der Waals surface area contributed by atoms with Crippen molar-refractivity contribution in [2.75, 3.05) is 0 Å². The molecule has 0 aliphatic rings. The molecule has 0 amide bonds. The summed E-state index contributed by atoms with van der Waals surface area (Å²) < 4.78 is 23.5. The number of aromatic nitrogens is 2. The number of aryl methyl sites for hydroxylation is 1. The molecule has 0 unspecified atom stereocenters. The van der Waals surface area contributed by atoms with Crippen LogP contribution in [0, 0.1) is 6.92 Å². The second-order valence-corrected chi connectivity index (χ2v) is 2.23. The first-order valence-electron chi connectivity index (χ1n) is 3.24. The average molecular weight is 158 g/mol. The van der Waals surface area contributed by atoms with Crippen LogP contribution in [0.2, 0.25) is 0 Å². The van der Waals surface area contributed by atoms with Crippen molar-refractivity contribution < 1.29 is 8.78 Å². The third-order valence-corrected chi connectivity index (χ3v) is 1.22. The van der Waals surface area contributed by atoms with Gasteiger partial charge in [0.15, 0.2) is 0 Å². The van der Waals surface area contributed by atoms with Crippen LogP contribution in [0.15, 0.2) is 12.4 Å². The molecule has 1 aromatic rings. The summed E-state index contributed by atoms with van der Waals surface area (Å²) in [4.78, 5) is 7.58. The van der Waals surface area contributed by atoms with E-state index in [1.54, 1.807) is 6.92 Å². The fraction of sp³-hybridized carbons (Fsp3) is 0.429. The Balaban J connectivity index is 2.66. The minimum absolute atomic E-state index is 0.264. The number of rotatable bonds is 2. The predicted molar refractivity (Wildman–Crippen MR) is 36.5 cm³/mol. The summed E-state index contributed by atoms with van der Waals surface area (Å²) in [6, 6.07) is 0. The molecule has 60 valence electrons. The second-order valence-electron chi connectivity index (χ2n) is 2.23. The molecule has 0 N–H and O–H groups in total. The Morgan fingerprint density at radius 1 is 1.36 bits per heavy atom. The summed E-state index contributed by atoms with van der Waals surface area (Å²) in [6.45, 7) is 1.71. The third kappa shape index (κ3) is 2.57. The molecule has 1 heterocycles. The van der Waals surface area contributed by atoms with Gasteiger partial charge >= 0.3 is 0 Å². The molecule has 0 radical (unpaired) electrons. The Bertz CT molecular complexity index is 220. The van der Waals surface area contributed by atoms with Crippen molar-refractivity contribution >= 4 is 0 Å². The van der Waals surface area contributed by atoms with E-state index in [0.717, 1.165) is 0 Å². The monoisotopic (exact) mass is 158 g/mol. The van der Waals surface area contributed by atoms with Crippen LogP contribution in [0.5, 0.6) is 0 Å². The highest BCUT2D eigenvalue weighted by atomic mass is 19.3. The molecule has 0 spiro atoms. The van der Waals surface area contributed by atoms with Crippen LogP contribution in [0.3, 0.4) is 0 Å². The number of hydrogen-bond acceptors (Lipinski definition) is 2. The van der Waals surface area contributed by atoms with Gasteiger partial charge in [-0.25, -0.2) is 18.7 Å². The van der Waals surface area contributed by atoms with E-state index >= 15 is 0 Å². The minimum Gasteiger partial charge on any atom is -0.241 e. The number of nitrogens with zero attached hydrogens (tertiary/aromatic N) is 2. The van der Waals surface area contributed by atoms with Gasteiger partial charge < -0.3 is 0 Å². The van der Waals surface area contributed by atoms with Crippen molar-refractivity contribution in [2.24, 2.45) is 0 Å². The lowest BCUT2D eigenvalue weighted by atomic mass is 10.2. The molecule has 11 heavy (non-hydrogen) atoms. The molecule has 0 bridgehead atoms. The standard InChI is InChI=1S/C7H8F2N2/c1-5-10-3-6(4-11-5)2-7(8)9/h3-4,7H,2H2,1H3. The molecule has 1 aromatic heterocycles. The van der Waals surface area contributed by atoms with E-state index in [1.807, 2.05) is 0 Å². The predicted octanol–water partition coefficient (Wildman–Crippen LogP) is 1.59. The molecule has 0 atom stereocenters. The first kappa shape index (κ1) is 8.04. The van der Waals surface area contributed by atoms with Gasteiger partial charge in [-0.15, -0.1) is 0 Å². The van der Waals surface area contributed by atoms with Crippen LogP contribution in [-0.4, -0.2) is 16.4 Å². The molecular formula is C7H8F2N2. The van der Waals surface area contributed by atoms with Gasteiger partial charge in [0, 0.05) is 18.8 Å². The zero-order chi connectivity index (χ0) is 8.27. The van der Waals surface area contributed by atoms with E-state index in [1.165, 1.54) is 12.4 Å². The Kier molecular flexibility index (Phi) is 2.46. The smallest absolute Gasteiger partial charge is 0.241 e. The first-order valence-corrected chi connectivity index (χ1v) is 3.24. The molecule has 0 aliphatic heterocycles. The van der Waals surface area contributed by atoms with E-state index < -0.39 is 6.43 Å². The largest absolute Gasteiger partial charge is 0.242 e. The lowest BCUT2D eigenvalue weighted by molar-refractivity contribution is 0.149. The molecule has 0 saturated carbocycles. The van der Waals surface area contributed by atoms with Crippen molar-refractivity contribution in [3.05, 3.63) is 23.8 Å². The molecule has 4 heteroatoms. The minimum atomic E-state index is -2.32. The summed E-state index contributed by atoms with van der Waals surface area (Å²) in [7, 11) is 0. The zero-order valence-electron chi connectivity index (χ0n) is 6.09. The van der Waals surface area contributed by atoms with Crippen LogP contribution in [0.25, 0.3) is 0 Å². The van der Waals surface area contributed by atoms with Gasteiger partial charge in [-0.2, -0.15) is 0 Å². The van der Waals surface area contributed by atoms with Gasteiger partial charge in [0.25, 0.3) is 0 Å². The number of alkyl halides is 2. The Hall–Kier alpha value is -1.06. The molecule has 1 rings (SSSR count). The molecule has 0 saturated heterocycles. The molecule has 0 aromatic carbocycles. The summed E-state index contributed by atoms with van der Waals surface area (Å²) in [5.41, 5.74) is 0.477. The number of halogens is 2. The Morgan fingerprint density at radius 3 is 2.36 bits per heavy atom. The van der Waals surface area contributed by atoms with Crippen molar-refractivity contribution in [2.45, 2.75) is 19.8 Å². The van der Waals surface area contributed by atoms with Gasteiger partial charge in [0.2, 0.25) is 6.43 Å². The van der Waals surface area contributed by atoms with Crippen molar-refractivity contribution in [3.8, 4) is 0 Å². The van der Waals surface area contributed by atoms with Gasteiger partial charge in [0.1, 0.15) is 5.82 Å². The van der Waals surface area contributed by atoms with Crippen molar-refractivity contribution in [3.63, 3.8) is 0 Å². The van der Waals surface area contributed by atoms with Gasteiger partial charge in [0.05, 0.1) is 0 Å². The lowest BCUT2D eigenvalue weighted by Crippen LogP contribution is -1.98. The van der Waals surface area contributed by atoms with Crippen LogP contribution >= 0.6 is 0 Å². The van der Waals surface area contributed by atoms with E-state index in [9.17, 15) is 8.78 Å². The van der Waals surface area contributed by atoms with E-state index in [0.29, 0.717) is 11.4 Å². The normalized spacial score (nSPS) is 10.5. The molecule has 0 fully saturated rings. The van der Waals surface area contributed by atoms with Gasteiger partial charge in [-0.05, 0) is 12.5 Å². The zero-order valence-corrected chi connectivity index (χ0v) is 6.09. The first-order chi connectivity index (χ1) is 5.18. The lowest BCUT2D eigenvalue weighted by Gasteiger charge is -1.97. The number of hydrogen-bond donors (Lipinski definition) is 0. The van der Waals surface area contributed by atoms with Crippen LogP contribution in [-0.2, 0) is 6.42 Å². The van der Waals surface area contributed by atoms with E-state index in [2.05, 4.69) is 9.97 Å². The fourth-order valence-electron chi connectivity index (χ4n) is 0.703. The van der Waals surface area contributed by atoms with Gasteiger partial charge in [-0.1, -0.05) is 0 Å². The summed E-state index contributed by atoms with van der Waals surface area (Å²) in [5.74, 6) is 0.600. The highest BCUT2D eigenvalue weighted by molar-refractivity contribution is 5.05. The topological polar surface area (TPSA) is 25.8 Å². The maximum Gasteiger partial charge on any atom is 0.242 e. The maximum atomic E-state index is 11.8. The molecule has 0 aliphatic carbocycles. The fourth-order valence-corrected chi connectivity index (χ4v) is 0.703. The van der Waals surface area contributed by atoms with Crippen LogP contribution in [0.1, 0.15) is 11.4 Å². The highest BCUT2D eigenvalue weighted by Crippen LogP contribution is 2.04. The quantitative estimate of drug-likeness (QED) is 0.653. The summed E-state index contributed by atoms with van der Waals surface area (Å²) in [5, 5.41) is 0. The van der Waals surface area contributed by atoms with Crippen LogP contribution in [0.4, 0.5) is 8.78 Å². The maximum absolute atomic E-state index is 11.8. The van der Waals surface area contributed by atoms with Crippen LogP contribution < -0.4 is 0 Å². The summed E-state index contributed by atoms with van der Waals surface area (Å²) >= 11 is 0. The average Bonchev–Trinajstić information content (AvgIpc) is 1.93. The second kappa shape index (κ2) is 3.37. The molecule has 2 nitrogen and oxygen atoms in total. The summed E-state index contributed by atoms with van der Waals surface area (Å²) in [6.07, 6.45) is 0.268. The van der Waals surface area contributed by atoms with E-state index in [-0.39, 0.29) is 6.42 Å². The van der Waals surface area contributed by atoms with Crippen molar-refractivity contribution in [1.29, 1.82) is 0 Å². The Labute approximate surface area is 63.3 Å². The highest BCUT2D eigenvalue weighted by Gasteiger charge is 2.04. The Morgan fingerprint density at radius 2 is 1.91 bits per heavy atom. The third-order valence-electron chi connectivity index (χ3n) is 1.22. The van der Waals surface area contributed by atoms with Gasteiger partial charge in [-0.3, -0.25) is 0 Å². The van der Waals surface area contributed by atoms with Crippen molar-refractivity contribution in [1.82, 2.24) is 9.97 Å². The SMILES string of the molecule is Cc1ncc(CC(F)F)cn1. The molecular weight excluding hydrogens is 150 g/mol. The van der Waals surface area contributed by atoms with E-state index in [4.69, 9.17) is 0 Å².